The number of rotatable bonds is 7. The van der Waals surface area contributed by atoms with Gasteiger partial charge in [-0.25, -0.2) is 0 Å². The fourth-order valence-electron chi connectivity index (χ4n) is 2.47. The fourth-order valence-corrected chi connectivity index (χ4v) is 3.51. The van der Waals surface area contributed by atoms with E-state index in [1.165, 1.54) is 26.4 Å². The van der Waals surface area contributed by atoms with Crippen LogP contribution < -0.4 is 9.47 Å². The summed E-state index contributed by atoms with van der Waals surface area (Å²) in [5.41, 5.74) is -1.06. The molecule has 0 saturated heterocycles. The van der Waals surface area contributed by atoms with Gasteiger partial charge in [0.2, 0.25) is 11.8 Å². The number of halogens is 3. The Balaban J connectivity index is 2.36. The molecule has 5 nitrogen and oxygen atoms in total. The summed E-state index contributed by atoms with van der Waals surface area (Å²) in [4.78, 5) is 8.42. The number of thioether (sulfide) groups is 1. The Morgan fingerprint density at radius 1 is 1.04 bits per heavy atom. The molecule has 0 fully saturated rings. The van der Waals surface area contributed by atoms with Crippen LogP contribution in [0.25, 0.3) is 0 Å². The standard InChI is InChI=1S/C18H21F3N2O3S/c1-17(2,11-6-5-7-12(8-11)18(19,20)21)13(10-24)27-16-22-14(25-3)9-15(23-16)26-4/h5-9,13,24H,10H2,1-4H3. The summed E-state index contributed by atoms with van der Waals surface area (Å²) in [5.74, 6) is 0.579. The highest BCUT2D eigenvalue weighted by Gasteiger charge is 2.36. The number of benzene rings is 1. The first-order valence-corrected chi connectivity index (χ1v) is 8.92. The number of alkyl halides is 3. The van der Waals surface area contributed by atoms with Gasteiger partial charge < -0.3 is 14.6 Å². The van der Waals surface area contributed by atoms with E-state index in [0.29, 0.717) is 10.7 Å². The summed E-state index contributed by atoms with van der Waals surface area (Å²) in [5, 5.41) is 9.70. The van der Waals surface area contributed by atoms with Crippen molar-refractivity contribution in [1.29, 1.82) is 0 Å². The largest absolute Gasteiger partial charge is 0.481 e. The van der Waals surface area contributed by atoms with Crippen LogP contribution in [0.1, 0.15) is 25.0 Å². The second-order valence-corrected chi connectivity index (χ2v) is 7.49. The second kappa shape index (κ2) is 8.35. The molecule has 0 saturated carbocycles. The molecule has 2 aromatic rings. The van der Waals surface area contributed by atoms with Crippen molar-refractivity contribution in [3.8, 4) is 11.8 Å². The Labute approximate surface area is 159 Å². The van der Waals surface area contributed by atoms with E-state index in [4.69, 9.17) is 9.47 Å². The molecule has 0 radical (unpaired) electrons. The molecule has 148 valence electrons. The van der Waals surface area contributed by atoms with Gasteiger partial charge in [0, 0.05) is 10.7 Å². The number of nitrogens with zero attached hydrogens (tertiary/aromatic N) is 2. The Morgan fingerprint density at radius 2 is 1.59 bits per heavy atom. The molecule has 0 aliphatic heterocycles. The van der Waals surface area contributed by atoms with Crippen LogP contribution in [0.2, 0.25) is 0 Å². The van der Waals surface area contributed by atoms with Crippen molar-refractivity contribution in [1.82, 2.24) is 9.97 Å². The molecule has 2 rings (SSSR count). The van der Waals surface area contributed by atoms with Gasteiger partial charge in [-0.1, -0.05) is 43.8 Å². The molecule has 0 amide bonds. The van der Waals surface area contributed by atoms with E-state index in [0.717, 1.165) is 23.9 Å². The Morgan fingerprint density at radius 3 is 2.07 bits per heavy atom. The van der Waals surface area contributed by atoms with Crippen molar-refractivity contribution in [3.05, 3.63) is 41.5 Å². The topological polar surface area (TPSA) is 64.5 Å². The van der Waals surface area contributed by atoms with Gasteiger partial charge in [-0.2, -0.15) is 23.1 Å². The lowest BCUT2D eigenvalue weighted by atomic mass is 9.80. The van der Waals surface area contributed by atoms with E-state index in [1.54, 1.807) is 19.9 Å². The molecule has 0 aliphatic carbocycles. The summed E-state index contributed by atoms with van der Waals surface area (Å²) >= 11 is 1.15. The molecule has 1 heterocycles. The molecule has 1 N–H and O–H groups in total. The van der Waals surface area contributed by atoms with E-state index in [2.05, 4.69) is 9.97 Å². The Bertz CT molecular complexity index is 762. The third-order valence-electron chi connectivity index (χ3n) is 4.23. The monoisotopic (exact) mass is 402 g/mol. The molecule has 0 aliphatic rings. The van der Waals surface area contributed by atoms with Gasteiger partial charge >= 0.3 is 6.18 Å². The van der Waals surface area contributed by atoms with Crippen molar-refractivity contribution in [3.63, 3.8) is 0 Å². The number of ether oxygens (including phenoxy) is 2. The smallest absolute Gasteiger partial charge is 0.416 e. The predicted octanol–water partition coefficient (Wildman–Crippen LogP) is 3.94. The van der Waals surface area contributed by atoms with E-state index < -0.39 is 22.4 Å². The molecule has 1 aromatic carbocycles. The number of hydrogen-bond donors (Lipinski definition) is 1. The van der Waals surface area contributed by atoms with E-state index in [9.17, 15) is 18.3 Å². The summed E-state index contributed by atoms with van der Waals surface area (Å²) in [6.45, 7) is 3.26. The third kappa shape index (κ3) is 5.04. The van der Waals surface area contributed by atoms with E-state index in [-0.39, 0.29) is 18.4 Å². The number of aliphatic hydroxyl groups excluding tert-OH is 1. The van der Waals surface area contributed by atoms with Crippen LogP contribution in [0.4, 0.5) is 13.2 Å². The minimum Gasteiger partial charge on any atom is -0.481 e. The van der Waals surface area contributed by atoms with Crippen molar-refractivity contribution in [2.45, 2.75) is 35.8 Å². The first kappa shape index (κ1) is 21.3. The van der Waals surface area contributed by atoms with Crippen LogP contribution in [0.5, 0.6) is 11.8 Å². The highest BCUT2D eigenvalue weighted by molar-refractivity contribution is 7.99. The van der Waals surface area contributed by atoms with E-state index >= 15 is 0 Å². The molecule has 1 unspecified atom stereocenters. The van der Waals surface area contributed by atoms with Crippen LogP contribution in [0.15, 0.2) is 35.5 Å². The van der Waals surface area contributed by atoms with Crippen molar-refractivity contribution in [2.75, 3.05) is 20.8 Å². The van der Waals surface area contributed by atoms with E-state index in [1.807, 2.05) is 0 Å². The van der Waals surface area contributed by atoms with Gasteiger partial charge in [0.1, 0.15) is 0 Å². The van der Waals surface area contributed by atoms with Crippen LogP contribution >= 0.6 is 11.8 Å². The zero-order valence-corrected chi connectivity index (χ0v) is 16.2. The maximum Gasteiger partial charge on any atom is 0.416 e. The molecule has 0 spiro atoms. The van der Waals surface area contributed by atoms with Gasteiger partial charge in [0.15, 0.2) is 5.16 Å². The minimum absolute atomic E-state index is 0.281. The maximum atomic E-state index is 13.1. The lowest BCUT2D eigenvalue weighted by molar-refractivity contribution is -0.137. The van der Waals surface area contributed by atoms with Crippen LogP contribution in [-0.4, -0.2) is 41.2 Å². The third-order valence-corrected chi connectivity index (χ3v) is 5.65. The van der Waals surface area contributed by atoms with Gasteiger partial charge in [0.25, 0.3) is 0 Å². The average molecular weight is 402 g/mol. The van der Waals surface area contributed by atoms with Crippen LogP contribution in [-0.2, 0) is 11.6 Å². The highest BCUT2D eigenvalue weighted by Crippen LogP contribution is 2.40. The number of aromatic nitrogens is 2. The zero-order valence-electron chi connectivity index (χ0n) is 15.4. The SMILES string of the molecule is COc1cc(OC)nc(SC(CO)C(C)(C)c2cccc(C(F)(F)F)c2)n1. The summed E-state index contributed by atoms with van der Waals surface area (Å²) < 4.78 is 49.4. The zero-order chi connectivity index (χ0) is 20.2. The molecular formula is C18H21F3N2O3S. The first-order chi connectivity index (χ1) is 12.6. The number of hydrogen-bond acceptors (Lipinski definition) is 6. The maximum absolute atomic E-state index is 13.1. The molecule has 1 aromatic heterocycles. The highest BCUT2D eigenvalue weighted by atomic mass is 32.2. The first-order valence-electron chi connectivity index (χ1n) is 8.04. The molecule has 0 bridgehead atoms. The molecular weight excluding hydrogens is 381 g/mol. The number of aliphatic hydroxyl groups is 1. The summed E-state index contributed by atoms with van der Waals surface area (Å²) in [6, 6.07) is 6.62. The van der Waals surface area contributed by atoms with Gasteiger partial charge in [-0.3, -0.25) is 0 Å². The van der Waals surface area contributed by atoms with Crippen molar-refractivity contribution >= 4 is 11.8 Å². The quantitative estimate of drug-likeness (QED) is 0.559. The van der Waals surface area contributed by atoms with Crippen LogP contribution in [0.3, 0.4) is 0 Å². The summed E-state index contributed by atoms with van der Waals surface area (Å²) in [6.07, 6.45) is -4.43. The Kier molecular flexibility index (Phi) is 6.59. The van der Waals surface area contributed by atoms with Crippen molar-refractivity contribution < 1.29 is 27.8 Å². The normalized spacial score (nSPS) is 13.3. The molecule has 27 heavy (non-hydrogen) atoms. The van der Waals surface area contributed by atoms with Gasteiger partial charge in [-0.15, -0.1) is 0 Å². The molecule has 1 atom stereocenters. The lowest BCUT2D eigenvalue weighted by Gasteiger charge is -2.33. The average Bonchev–Trinajstić information content (AvgIpc) is 2.64. The molecule has 9 heteroatoms. The van der Waals surface area contributed by atoms with Gasteiger partial charge in [0.05, 0.1) is 32.5 Å². The van der Waals surface area contributed by atoms with Gasteiger partial charge in [-0.05, 0) is 11.6 Å². The number of methoxy groups -OCH3 is 2. The van der Waals surface area contributed by atoms with Crippen molar-refractivity contribution in [2.24, 2.45) is 0 Å². The second-order valence-electron chi connectivity index (χ2n) is 6.32. The Hall–Kier alpha value is -2.00. The summed E-state index contributed by atoms with van der Waals surface area (Å²) in [7, 11) is 2.90. The fraction of sp³-hybridized carbons (Fsp3) is 0.444. The minimum atomic E-state index is -4.43. The van der Waals surface area contributed by atoms with Crippen LogP contribution in [0, 0.1) is 0 Å². The predicted molar refractivity (Wildman–Crippen MR) is 96.3 cm³/mol. The lowest BCUT2D eigenvalue weighted by Crippen LogP contribution is -2.34.